The van der Waals surface area contributed by atoms with Crippen molar-refractivity contribution >= 4 is 11.9 Å². The Balaban J connectivity index is 1.83. The lowest BCUT2D eigenvalue weighted by atomic mass is 10.0. The molecule has 0 heterocycles. The summed E-state index contributed by atoms with van der Waals surface area (Å²) in [5.41, 5.74) is 5.44. The van der Waals surface area contributed by atoms with Gasteiger partial charge in [-0.3, -0.25) is 9.59 Å². The number of amides is 1. The van der Waals surface area contributed by atoms with E-state index in [4.69, 9.17) is 4.74 Å². The molecule has 0 aliphatic carbocycles. The third-order valence-corrected chi connectivity index (χ3v) is 4.51. The predicted molar refractivity (Wildman–Crippen MR) is 103 cm³/mol. The van der Waals surface area contributed by atoms with Crippen LogP contribution in [0.25, 0.3) is 0 Å². The summed E-state index contributed by atoms with van der Waals surface area (Å²) in [6, 6.07) is 13.8. The molecule has 0 bridgehead atoms. The number of benzene rings is 2. The van der Waals surface area contributed by atoms with Crippen molar-refractivity contribution in [3.05, 3.63) is 70.3 Å². The number of esters is 1. The lowest BCUT2D eigenvalue weighted by molar-refractivity contribution is -0.148. The molecule has 138 valence electrons. The van der Waals surface area contributed by atoms with Crippen LogP contribution in [0.1, 0.15) is 47.2 Å². The van der Waals surface area contributed by atoms with Gasteiger partial charge in [0.1, 0.15) is 0 Å². The second-order valence-electron chi connectivity index (χ2n) is 6.70. The van der Waals surface area contributed by atoms with Gasteiger partial charge in [0.05, 0.1) is 12.5 Å². The Labute approximate surface area is 155 Å². The smallest absolute Gasteiger partial charge is 0.310 e. The van der Waals surface area contributed by atoms with Gasteiger partial charge in [-0.2, -0.15) is 0 Å². The number of rotatable bonds is 7. The van der Waals surface area contributed by atoms with Crippen LogP contribution in [-0.4, -0.2) is 18.5 Å². The van der Waals surface area contributed by atoms with Gasteiger partial charge in [-0.25, -0.2) is 0 Å². The fourth-order valence-corrected chi connectivity index (χ4v) is 2.73. The van der Waals surface area contributed by atoms with Crippen LogP contribution in [0.5, 0.6) is 0 Å². The number of aryl methyl sites for hydroxylation is 3. The number of carbonyl (C=O) groups is 2. The molecule has 26 heavy (non-hydrogen) atoms. The average molecular weight is 353 g/mol. The summed E-state index contributed by atoms with van der Waals surface area (Å²) in [5, 5.41) is 2.92. The van der Waals surface area contributed by atoms with E-state index in [-0.39, 0.29) is 25.0 Å². The molecule has 0 unspecified atom stereocenters. The Bertz CT molecular complexity index is 765. The van der Waals surface area contributed by atoms with Crippen molar-refractivity contribution in [3.63, 3.8) is 0 Å². The van der Waals surface area contributed by atoms with Crippen molar-refractivity contribution in [2.24, 2.45) is 0 Å². The van der Waals surface area contributed by atoms with E-state index < -0.39 is 5.97 Å². The van der Waals surface area contributed by atoms with Crippen LogP contribution in [0.2, 0.25) is 0 Å². The first-order valence-electron chi connectivity index (χ1n) is 8.96. The SMILES string of the molecule is CC[C@H](NC(=O)COC(=O)Cc1ccc(C)c(C)c1)c1ccc(C)cc1. The number of nitrogens with one attached hydrogen (secondary N) is 1. The molecule has 0 saturated heterocycles. The Morgan fingerprint density at radius 2 is 1.69 bits per heavy atom. The minimum atomic E-state index is -0.396. The van der Waals surface area contributed by atoms with Gasteiger partial charge in [-0.05, 0) is 49.4 Å². The van der Waals surface area contributed by atoms with Gasteiger partial charge in [-0.1, -0.05) is 55.0 Å². The largest absolute Gasteiger partial charge is 0.455 e. The van der Waals surface area contributed by atoms with Crippen LogP contribution in [0.4, 0.5) is 0 Å². The van der Waals surface area contributed by atoms with E-state index in [9.17, 15) is 9.59 Å². The summed E-state index contributed by atoms with van der Waals surface area (Å²) < 4.78 is 5.13. The summed E-state index contributed by atoms with van der Waals surface area (Å²) in [6.07, 6.45) is 0.939. The second-order valence-corrected chi connectivity index (χ2v) is 6.70. The molecular weight excluding hydrogens is 326 g/mol. The zero-order valence-corrected chi connectivity index (χ0v) is 16.0. The molecule has 0 aliphatic heterocycles. The van der Waals surface area contributed by atoms with Crippen molar-refractivity contribution in [2.75, 3.05) is 6.61 Å². The molecule has 0 aromatic heterocycles. The molecule has 0 fully saturated rings. The van der Waals surface area contributed by atoms with Crippen molar-refractivity contribution in [1.82, 2.24) is 5.32 Å². The maximum Gasteiger partial charge on any atom is 0.310 e. The van der Waals surface area contributed by atoms with E-state index in [2.05, 4.69) is 5.32 Å². The molecule has 1 atom stereocenters. The highest BCUT2D eigenvalue weighted by atomic mass is 16.5. The maximum atomic E-state index is 12.1. The zero-order chi connectivity index (χ0) is 19.1. The van der Waals surface area contributed by atoms with E-state index in [1.54, 1.807) is 0 Å². The standard InChI is InChI=1S/C22H27NO3/c1-5-20(19-10-6-15(2)7-11-19)23-21(24)14-26-22(25)13-18-9-8-16(3)17(4)12-18/h6-12,20H,5,13-14H2,1-4H3,(H,23,24)/t20-/m0/s1. The Morgan fingerprint density at radius 3 is 2.31 bits per heavy atom. The maximum absolute atomic E-state index is 12.1. The first-order chi connectivity index (χ1) is 12.4. The molecular formula is C22H27NO3. The number of carbonyl (C=O) groups excluding carboxylic acids is 2. The lowest BCUT2D eigenvalue weighted by Crippen LogP contribution is -2.32. The van der Waals surface area contributed by atoms with Crippen LogP contribution in [0.15, 0.2) is 42.5 Å². The summed E-state index contributed by atoms with van der Waals surface area (Å²) in [5.74, 6) is -0.683. The van der Waals surface area contributed by atoms with Crippen LogP contribution < -0.4 is 5.32 Å². The third kappa shape index (κ3) is 5.73. The first kappa shape index (κ1) is 19.7. The molecule has 2 aromatic carbocycles. The molecule has 0 spiro atoms. The Hall–Kier alpha value is -2.62. The number of hydrogen-bond acceptors (Lipinski definition) is 3. The number of hydrogen-bond donors (Lipinski definition) is 1. The summed E-state index contributed by atoms with van der Waals surface area (Å²) in [6.45, 7) is 7.81. The van der Waals surface area contributed by atoms with Crippen molar-refractivity contribution < 1.29 is 14.3 Å². The van der Waals surface area contributed by atoms with Crippen LogP contribution in [-0.2, 0) is 20.7 Å². The van der Waals surface area contributed by atoms with Crippen molar-refractivity contribution in [2.45, 2.75) is 46.6 Å². The molecule has 0 radical (unpaired) electrons. The second kappa shape index (κ2) is 9.18. The van der Waals surface area contributed by atoms with Gasteiger partial charge < -0.3 is 10.1 Å². The highest BCUT2D eigenvalue weighted by molar-refractivity contribution is 5.81. The average Bonchev–Trinajstić information content (AvgIpc) is 2.62. The molecule has 1 amide bonds. The minimum Gasteiger partial charge on any atom is -0.455 e. The third-order valence-electron chi connectivity index (χ3n) is 4.51. The van der Waals surface area contributed by atoms with E-state index in [1.165, 1.54) is 11.1 Å². The zero-order valence-electron chi connectivity index (χ0n) is 16.0. The highest BCUT2D eigenvalue weighted by Crippen LogP contribution is 2.17. The molecule has 2 rings (SSSR count). The Morgan fingerprint density at radius 1 is 1.00 bits per heavy atom. The molecule has 4 nitrogen and oxygen atoms in total. The number of ether oxygens (including phenoxy) is 1. The van der Waals surface area contributed by atoms with Gasteiger partial charge in [0, 0.05) is 0 Å². The summed E-state index contributed by atoms with van der Waals surface area (Å²) in [7, 11) is 0. The van der Waals surface area contributed by atoms with Crippen molar-refractivity contribution in [3.8, 4) is 0 Å². The van der Waals surface area contributed by atoms with Gasteiger partial charge in [0.25, 0.3) is 5.91 Å². The molecule has 0 aliphatic rings. The molecule has 2 aromatic rings. The van der Waals surface area contributed by atoms with Gasteiger partial charge in [-0.15, -0.1) is 0 Å². The normalized spacial score (nSPS) is 11.7. The van der Waals surface area contributed by atoms with Crippen molar-refractivity contribution in [1.29, 1.82) is 0 Å². The van der Waals surface area contributed by atoms with Crippen LogP contribution in [0.3, 0.4) is 0 Å². The lowest BCUT2D eigenvalue weighted by Gasteiger charge is -2.17. The molecule has 4 heteroatoms. The topological polar surface area (TPSA) is 55.4 Å². The summed E-state index contributed by atoms with van der Waals surface area (Å²) in [4.78, 5) is 24.1. The molecule has 1 N–H and O–H groups in total. The van der Waals surface area contributed by atoms with E-state index >= 15 is 0 Å². The van der Waals surface area contributed by atoms with E-state index in [0.29, 0.717) is 0 Å². The van der Waals surface area contributed by atoms with E-state index in [1.807, 2.05) is 70.2 Å². The molecule has 0 saturated carbocycles. The van der Waals surface area contributed by atoms with Gasteiger partial charge in [0.15, 0.2) is 6.61 Å². The fraction of sp³-hybridized carbons (Fsp3) is 0.364. The van der Waals surface area contributed by atoms with E-state index in [0.717, 1.165) is 23.1 Å². The van der Waals surface area contributed by atoms with Crippen LogP contribution >= 0.6 is 0 Å². The van der Waals surface area contributed by atoms with Crippen LogP contribution in [0, 0.1) is 20.8 Å². The van der Waals surface area contributed by atoms with Gasteiger partial charge in [0.2, 0.25) is 0 Å². The fourth-order valence-electron chi connectivity index (χ4n) is 2.73. The quantitative estimate of drug-likeness (QED) is 0.767. The summed E-state index contributed by atoms with van der Waals surface area (Å²) >= 11 is 0. The van der Waals surface area contributed by atoms with Gasteiger partial charge >= 0.3 is 5.97 Å². The predicted octanol–water partition coefficient (Wildman–Crippen LogP) is 3.97. The highest BCUT2D eigenvalue weighted by Gasteiger charge is 2.14. The first-order valence-corrected chi connectivity index (χ1v) is 8.96. The Kier molecular flexibility index (Phi) is 6.96. The minimum absolute atomic E-state index is 0.0819. The monoisotopic (exact) mass is 353 g/mol.